The fraction of sp³-hybridized carbons (Fsp3) is 0.500. The van der Waals surface area contributed by atoms with Gasteiger partial charge in [-0.2, -0.15) is 0 Å². The van der Waals surface area contributed by atoms with Crippen LogP contribution in [0, 0.1) is 0 Å². The number of imide groups is 1. The molecule has 2 aliphatic heterocycles. The molecular weight excluding hydrogens is 426 g/mol. The Morgan fingerprint density at radius 2 is 1.62 bits per heavy atom. The van der Waals surface area contributed by atoms with Gasteiger partial charge in [0.2, 0.25) is 17.8 Å². The van der Waals surface area contributed by atoms with Crippen LogP contribution < -0.4 is 4.90 Å². The van der Waals surface area contributed by atoms with Crippen molar-refractivity contribution in [2.24, 2.45) is 0 Å². The Balaban J connectivity index is 0.00000245. The van der Waals surface area contributed by atoms with Crippen molar-refractivity contribution in [1.82, 2.24) is 19.8 Å². The third-order valence-corrected chi connectivity index (χ3v) is 7.08. The summed E-state index contributed by atoms with van der Waals surface area (Å²) in [4.78, 5) is 40.8. The zero-order chi connectivity index (χ0) is 21.3. The number of carbonyl (C=O) groups excluding carboxylic acids is 2. The van der Waals surface area contributed by atoms with Gasteiger partial charge in [-0.1, -0.05) is 24.3 Å². The van der Waals surface area contributed by atoms with Gasteiger partial charge in [-0.25, -0.2) is 9.97 Å². The lowest BCUT2D eigenvalue weighted by Crippen LogP contribution is -2.47. The highest BCUT2D eigenvalue weighted by molar-refractivity contribution is 6.09. The first kappa shape index (κ1) is 22.7. The van der Waals surface area contributed by atoms with E-state index in [1.54, 1.807) is 12.4 Å². The topological polar surface area (TPSA) is 69.6 Å². The van der Waals surface area contributed by atoms with E-state index in [4.69, 9.17) is 0 Å². The lowest BCUT2D eigenvalue weighted by Gasteiger charge is -2.34. The molecule has 0 saturated carbocycles. The van der Waals surface area contributed by atoms with Crippen molar-refractivity contribution in [3.05, 3.63) is 53.9 Å². The summed E-state index contributed by atoms with van der Waals surface area (Å²) in [5.74, 6) is 0.827. The number of unbranched alkanes of at least 4 members (excludes halogenated alkanes) is 1. The van der Waals surface area contributed by atoms with Gasteiger partial charge in [-0.15, -0.1) is 12.4 Å². The van der Waals surface area contributed by atoms with Gasteiger partial charge in [0.15, 0.2) is 0 Å². The summed E-state index contributed by atoms with van der Waals surface area (Å²) in [5.41, 5.74) is 1.71. The van der Waals surface area contributed by atoms with Crippen LogP contribution in [-0.2, 0) is 21.4 Å². The van der Waals surface area contributed by atoms with Crippen LogP contribution in [-0.4, -0.2) is 70.9 Å². The lowest BCUT2D eigenvalue weighted by atomic mass is 9.80. The standard InChI is InChI=1S/C24H29N5O2.ClH/c30-21-18-24(9-8-19-6-1-2-7-20(19)24)22(31)29(21)13-4-3-12-27-14-16-28(17-15-27)23-25-10-5-11-26-23;/h1-2,5-7,10-11H,3-4,8-9,12-18H2;1H. The van der Waals surface area contributed by atoms with Crippen molar-refractivity contribution in [1.29, 1.82) is 0 Å². The first-order valence-electron chi connectivity index (χ1n) is 11.3. The fourth-order valence-corrected chi connectivity index (χ4v) is 5.35. The maximum Gasteiger partial charge on any atom is 0.240 e. The van der Waals surface area contributed by atoms with E-state index in [1.807, 2.05) is 24.3 Å². The number of fused-ring (bicyclic) bond motifs is 2. The molecule has 2 aromatic rings. The van der Waals surface area contributed by atoms with Crippen molar-refractivity contribution < 1.29 is 9.59 Å². The number of piperazine rings is 1. The molecule has 170 valence electrons. The van der Waals surface area contributed by atoms with E-state index in [9.17, 15) is 9.59 Å². The van der Waals surface area contributed by atoms with Gasteiger partial charge in [0, 0.05) is 51.5 Å². The monoisotopic (exact) mass is 455 g/mol. The Hall–Kier alpha value is -2.51. The van der Waals surface area contributed by atoms with Crippen molar-refractivity contribution >= 4 is 30.2 Å². The first-order chi connectivity index (χ1) is 15.2. The number of benzene rings is 1. The van der Waals surface area contributed by atoms with Gasteiger partial charge in [0.25, 0.3) is 0 Å². The molecule has 1 unspecified atom stereocenters. The predicted octanol–water partition coefficient (Wildman–Crippen LogP) is 2.44. The first-order valence-corrected chi connectivity index (χ1v) is 11.3. The van der Waals surface area contributed by atoms with Gasteiger partial charge in [-0.05, 0) is 49.4 Å². The summed E-state index contributed by atoms with van der Waals surface area (Å²) in [6, 6.07) is 9.97. The van der Waals surface area contributed by atoms with Crippen LogP contribution in [0.1, 0.15) is 36.8 Å². The normalized spacial score (nSPS) is 23.0. The number of hydrogen-bond donors (Lipinski definition) is 0. The SMILES string of the molecule is Cl.O=C1CC2(CCc3ccccc32)C(=O)N1CCCCN1CCN(c2ncccn2)CC1. The molecule has 1 aliphatic carbocycles. The molecule has 32 heavy (non-hydrogen) atoms. The number of hydrogen-bond acceptors (Lipinski definition) is 6. The zero-order valence-electron chi connectivity index (χ0n) is 18.3. The molecule has 1 spiro atoms. The minimum absolute atomic E-state index is 0. The Morgan fingerprint density at radius 3 is 2.41 bits per heavy atom. The van der Waals surface area contributed by atoms with E-state index in [0.29, 0.717) is 13.0 Å². The molecule has 7 nitrogen and oxygen atoms in total. The minimum Gasteiger partial charge on any atom is -0.338 e. The zero-order valence-corrected chi connectivity index (χ0v) is 19.1. The number of amides is 2. The average molecular weight is 456 g/mol. The van der Waals surface area contributed by atoms with Crippen LogP contribution in [0.15, 0.2) is 42.7 Å². The van der Waals surface area contributed by atoms with Crippen LogP contribution in [0.2, 0.25) is 0 Å². The quantitative estimate of drug-likeness (QED) is 0.492. The number of carbonyl (C=O) groups is 2. The number of aromatic nitrogens is 2. The van der Waals surface area contributed by atoms with Gasteiger partial charge >= 0.3 is 0 Å². The second-order valence-electron chi connectivity index (χ2n) is 8.85. The Bertz CT molecular complexity index is 964. The third kappa shape index (κ3) is 4.11. The van der Waals surface area contributed by atoms with Crippen molar-refractivity contribution in [3.8, 4) is 0 Å². The third-order valence-electron chi connectivity index (χ3n) is 7.08. The molecule has 1 atom stereocenters. The highest BCUT2D eigenvalue weighted by Crippen LogP contribution is 2.46. The Labute approximate surface area is 195 Å². The van der Waals surface area contributed by atoms with Crippen LogP contribution >= 0.6 is 12.4 Å². The number of anilines is 1. The molecule has 0 bridgehead atoms. The van der Waals surface area contributed by atoms with Crippen LogP contribution in [0.3, 0.4) is 0 Å². The Morgan fingerprint density at radius 1 is 0.906 bits per heavy atom. The van der Waals surface area contributed by atoms with Gasteiger partial charge < -0.3 is 4.90 Å². The molecule has 3 aliphatic rings. The Kier molecular flexibility index (Phi) is 6.76. The van der Waals surface area contributed by atoms with Gasteiger partial charge in [0.05, 0.1) is 5.41 Å². The summed E-state index contributed by atoms with van der Waals surface area (Å²) < 4.78 is 0. The molecule has 0 N–H and O–H groups in total. The highest BCUT2D eigenvalue weighted by atomic mass is 35.5. The minimum atomic E-state index is -0.594. The second kappa shape index (κ2) is 9.55. The van der Waals surface area contributed by atoms with E-state index in [2.05, 4.69) is 25.8 Å². The summed E-state index contributed by atoms with van der Waals surface area (Å²) in [6.45, 7) is 5.36. The summed E-state index contributed by atoms with van der Waals surface area (Å²) in [7, 11) is 0. The largest absolute Gasteiger partial charge is 0.338 e. The van der Waals surface area contributed by atoms with Crippen LogP contribution in [0.4, 0.5) is 5.95 Å². The molecule has 5 rings (SSSR count). The highest BCUT2D eigenvalue weighted by Gasteiger charge is 2.54. The number of rotatable bonds is 6. The van der Waals surface area contributed by atoms with E-state index in [-0.39, 0.29) is 24.2 Å². The van der Waals surface area contributed by atoms with Gasteiger partial charge in [0.1, 0.15) is 0 Å². The van der Waals surface area contributed by atoms with E-state index < -0.39 is 5.41 Å². The average Bonchev–Trinajstić information content (AvgIpc) is 3.30. The molecule has 2 saturated heterocycles. The molecule has 0 radical (unpaired) electrons. The van der Waals surface area contributed by atoms with Crippen molar-refractivity contribution in [2.75, 3.05) is 44.2 Å². The number of halogens is 1. The fourth-order valence-electron chi connectivity index (χ4n) is 5.35. The number of nitrogens with zero attached hydrogens (tertiary/aromatic N) is 5. The molecular formula is C24H30ClN5O2. The predicted molar refractivity (Wildman–Crippen MR) is 125 cm³/mol. The molecule has 1 aromatic carbocycles. The molecule has 2 fully saturated rings. The smallest absolute Gasteiger partial charge is 0.240 e. The molecule has 2 amide bonds. The van der Waals surface area contributed by atoms with Crippen LogP contribution in [0.25, 0.3) is 0 Å². The van der Waals surface area contributed by atoms with E-state index >= 15 is 0 Å². The summed E-state index contributed by atoms with van der Waals surface area (Å²) in [6.07, 6.45) is 7.41. The molecule has 3 heterocycles. The van der Waals surface area contributed by atoms with E-state index in [1.165, 1.54) is 10.5 Å². The van der Waals surface area contributed by atoms with Crippen molar-refractivity contribution in [3.63, 3.8) is 0 Å². The molecule has 1 aromatic heterocycles. The number of aryl methyl sites for hydroxylation is 1. The lowest BCUT2D eigenvalue weighted by molar-refractivity contribution is -0.140. The van der Waals surface area contributed by atoms with Gasteiger partial charge in [-0.3, -0.25) is 19.4 Å². The summed E-state index contributed by atoms with van der Waals surface area (Å²) in [5, 5.41) is 0. The van der Waals surface area contributed by atoms with Crippen LogP contribution in [0.5, 0.6) is 0 Å². The van der Waals surface area contributed by atoms with Crippen molar-refractivity contribution in [2.45, 2.75) is 37.5 Å². The maximum atomic E-state index is 13.2. The molecule has 8 heteroatoms. The summed E-state index contributed by atoms with van der Waals surface area (Å²) >= 11 is 0. The number of likely N-dealkylation sites (tertiary alicyclic amines) is 1. The maximum absolute atomic E-state index is 13.2. The second-order valence-corrected chi connectivity index (χ2v) is 8.85. The van der Waals surface area contributed by atoms with E-state index in [0.717, 1.165) is 69.9 Å².